The molecule has 0 heterocycles. The number of carbonyl (C=O) groups excluding carboxylic acids is 1. The van der Waals surface area contributed by atoms with Crippen molar-refractivity contribution in [2.75, 3.05) is 6.54 Å². The van der Waals surface area contributed by atoms with Crippen LogP contribution < -0.4 is 5.32 Å². The van der Waals surface area contributed by atoms with E-state index in [0.29, 0.717) is 0 Å². The maximum atomic E-state index is 11.8. The van der Waals surface area contributed by atoms with Gasteiger partial charge in [-0.3, -0.25) is 4.79 Å². The standard InChI is InChI=1S/C13H18BrNO/c1-3-4-5-9-15-13(16)11-8-6-7-10(2)12(11)14/h6-8H,3-5,9H2,1-2H3,(H,15,16). The van der Waals surface area contributed by atoms with E-state index in [-0.39, 0.29) is 5.91 Å². The van der Waals surface area contributed by atoms with Gasteiger partial charge in [0.05, 0.1) is 5.56 Å². The van der Waals surface area contributed by atoms with Crippen LogP contribution in [0.4, 0.5) is 0 Å². The van der Waals surface area contributed by atoms with Gasteiger partial charge in [-0.05, 0) is 40.9 Å². The summed E-state index contributed by atoms with van der Waals surface area (Å²) < 4.78 is 0.892. The molecule has 0 bridgehead atoms. The van der Waals surface area contributed by atoms with E-state index in [9.17, 15) is 4.79 Å². The highest BCUT2D eigenvalue weighted by Gasteiger charge is 2.09. The average molecular weight is 284 g/mol. The summed E-state index contributed by atoms with van der Waals surface area (Å²) >= 11 is 3.44. The van der Waals surface area contributed by atoms with E-state index < -0.39 is 0 Å². The minimum Gasteiger partial charge on any atom is -0.352 e. The number of nitrogens with one attached hydrogen (secondary N) is 1. The first-order chi connectivity index (χ1) is 7.66. The molecule has 0 saturated carbocycles. The fourth-order valence-corrected chi connectivity index (χ4v) is 1.94. The maximum absolute atomic E-state index is 11.8. The second-order valence-electron chi connectivity index (χ2n) is 3.90. The first-order valence-corrected chi connectivity index (χ1v) is 6.49. The third kappa shape index (κ3) is 3.63. The first-order valence-electron chi connectivity index (χ1n) is 5.70. The van der Waals surface area contributed by atoms with Crippen molar-refractivity contribution in [1.82, 2.24) is 5.32 Å². The molecule has 0 spiro atoms. The van der Waals surface area contributed by atoms with Gasteiger partial charge in [0.1, 0.15) is 0 Å². The van der Waals surface area contributed by atoms with E-state index in [1.807, 2.05) is 25.1 Å². The van der Waals surface area contributed by atoms with E-state index in [0.717, 1.165) is 35.0 Å². The average Bonchev–Trinajstić information content (AvgIpc) is 2.28. The molecular formula is C13H18BrNO. The van der Waals surface area contributed by atoms with Crippen molar-refractivity contribution in [3.8, 4) is 0 Å². The summed E-state index contributed by atoms with van der Waals surface area (Å²) in [4.78, 5) is 11.8. The summed E-state index contributed by atoms with van der Waals surface area (Å²) in [5, 5.41) is 2.93. The quantitative estimate of drug-likeness (QED) is 0.821. The summed E-state index contributed by atoms with van der Waals surface area (Å²) in [6.45, 7) is 4.89. The molecule has 0 unspecified atom stereocenters. The number of carbonyl (C=O) groups is 1. The Bertz CT molecular complexity index is 363. The number of halogens is 1. The smallest absolute Gasteiger partial charge is 0.252 e. The molecular weight excluding hydrogens is 266 g/mol. The molecule has 16 heavy (non-hydrogen) atoms. The zero-order chi connectivity index (χ0) is 12.0. The second kappa shape index (κ2) is 6.69. The van der Waals surface area contributed by atoms with Crippen molar-refractivity contribution < 1.29 is 4.79 Å². The fraction of sp³-hybridized carbons (Fsp3) is 0.462. The molecule has 0 radical (unpaired) electrons. The van der Waals surface area contributed by atoms with Crippen LogP contribution in [-0.4, -0.2) is 12.5 Å². The van der Waals surface area contributed by atoms with E-state index in [4.69, 9.17) is 0 Å². The zero-order valence-electron chi connectivity index (χ0n) is 9.85. The summed E-state index contributed by atoms with van der Waals surface area (Å²) in [6.07, 6.45) is 3.38. The van der Waals surface area contributed by atoms with Crippen molar-refractivity contribution in [2.24, 2.45) is 0 Å². The Morgan fingerprint density at radius 3 is 2.81 bits per heavy atom. The third-order valence-corrected chi connectivity index (χ3v) is 3.55. The molecule has 3 heteroatoms. The van der Waals surface area contributed by atoms with Crippen LogP contribution in [0.2, 0.25) is 0 Å². The van der Waals surface area contributed by atoms with Gasteiger partial charge < -0.3 is 5.32 Å². The Hall–Kier alpha value is -0.830. The topological polar surface area (TPSA) is 29.1 Å². The largest absolute Gasteiger partial charge is 0.352 e. The predicted octanol–water partition coefficient (Wildman–Crippen LogP) is 3.68. The molecule has 2 nitrogen and oxygen atoms in total. The van der Waals surface area contributed by atoms with Gasteiger partial charge in [-0.1, -0.05) is 31.9 Å². The second-order valence-corrected chi connectivity index (χ2v) is 4.69. The lowest BCUT2D eigenvalue weighted by atomic mass is 10.1. The van der Waals surface area contributed by atoms with E-state index in [1.54, 1.807) is 0 Å². The van der Waals surface area contributed by atoms with Crippen LogP contribution in [0.25, 0.3) is 0 Å². The molecule has 0 aliphatic carbocycles. The van der Waals surface area contributed by atoms with Crippen LogP contribution in [-0.2, 0) is 0 Å². The Kier molecular flexibility index (Phi) is 5.53. The van der Waals surface area contributed by atoms with E-state index in [1.165, 1.54) is 6.42 Å². The molecule has 1 rings (SSSR count). The molecule has 0 saturated heterocycles. The molecule has 0 aliphatic heterocycles. The summed E-state index contributed by atoms with van der Waals surface area (Å²) in [6, 6.07) is 5.73. The Labute approximate surface area is 106 Å². The summed E-state index contributed by atoms with van der Waals surface area (Å²) in [5.41, 5.74) is 1.80. The molecule has 0 aromatic heterocycles. The maximum Gasteiger partial charge on any atom is 0.252 e. The van der Waals surface area contributed by atoms with Crippen LogP contribution in [0.5, 0.6) is 0 Å². The van der Waals surface area contributed by atoms with Gasteiger partial charge in [-0.25, -0.2) is 0 Å². The van der Waals surface area contributed by atoms with Crippen LogP contribution in [0, 0.1) is 6.92 Å². The van der Waals surface area contributed by atoms with Crippen molar-refractivity contribution in [2.45, 2.75) is 33.1 Å². The van der Waals surface area contributed by atoms with E-state index >= 15 is 0 Å². The first kappa shape index (κ1) is 13.2. The number of benzene rings is 1. The number of amides is 1. The highest BCUT2D eigenvalue weighted by atomic mass is 79.9. The molecule has 0 atom stereocenters. The van der Waals surface area contributed by atoms with Crippen molar-refractivity contribution >= 4 is 21.8 Å². The summed E-state index contributed by atoms with van der Waals surface area (Å²) in [7, 11) is 0. The lowest BCUT2D eigenvalue weighted by molar-refractivity contribution is 0.0952. The molecule has 1 aromatic carbocycles. The number of rotatable bonds is 5. The number of unbranched alkanes of at least 4 members (excludes halogenated alkanes) is 2. The van der Waals surface area contributed by atoms with Crippen molar-refractivity contribution in [1.29, 1.82) is 0 Å². The Morgan fingerprint density at radius 1 is 1.38 bits per heavy atom. The van der Waals surface area contributed by atoms with Gasteiger partial charge in [0.15, 0.2) is 0 Å². The molecule has 0 aliphatic rings. The van der Waals surface area contributed by atoms with Crippen LogP contribution >= 0.6 is 15.9 Å². The number of aryl methyl sites for hydroxylation is 1. The highest BCUT2D eigenvalue weighted by Crippen LogP contribution is 2.20. The number of hydrogen-bond acceptors (Lipinski definition) is 1. The minimum absolute atomic E-state index is 0.00618. The van der Waals surface area contributed by atoms with Crippen LogP contribution in [0.3, 0.4) is 0 Å². The van der Waals surface area contributed by atoms with Gasteiger partial charge in [-0.2, -0.15) is 0 Å². The molecule has 88 valence electrons. The summed E-state index contributed by atoms with van der Waals surface area (Å²) in [5.74, 6) is 0.00618. The monoisotopic (exact) mass is 283 g/mol. The normalized spacial score (nSPS) is 10.2. The fourth-order valence-electron chi connectivity index (χ4n) is 1.49. The molecule has 1 amide bonds. The zero-order valence-corrected chi connectivity index (χ0v) is 11.4. The molecule has 1 aromatic rings. The van der Waals surface area contributed by atoms with Crippen molar-refractivity contribution in [3.63, 3.8) is 0 Å². The van der Waals surface area contributed by atoms with Gasteiger partial charge in [0.2, 0.25) is 0 Å². The SMILES string of the molecule is CCCCCNC(=O)c1cccc(C)c1Br. The van der Waals surface area contributed by atoms with E-state index in [2.05, 4.69) is 28.2 Å². The van der Waals surface area contributed by atoms with Crippen molar-refractivity contribution in [3.05, 3.63) is 33.8 Å². The molecule has 0 fully saturated rings. The van der Waals surface area contributed by atoms with Gasteiger partial charge in [0, 0.05) is 11.0 Å². The Morgan fingerprint density at radius 2 is 2.12 bits per heavy atom. The van der Waals surface area contributed by atoms with Gasteiger partial charge in [0.25, 0.3) is 5.91 Å². The minimum atomic E-state index is 0.00618. The van der Waals surface area contributed by atoms with Crippen LogP contribution in [0.15, 0.2) is 22.7 Å². The van der Waals surface area contributed by atoms with Gasteiger partial charge in [-0.15, -0.1) is 0 Å². The predicted molar refractivity (Wildman–Crippen MR) is 70.7 cm³/mol. The highest BCUT2D eigenvalue weighted by molar-refractivity contribution is 9.10. The number of hydrogen-bond donors (Lipinski definition) is 1. The third-order valence-electron chi connectivity index (χ3n) is 2.50. The van der Waals surface area contributed by atoms with Crippen LogP contribution in [0.1, 0.15) is 42.1 Å². The molecule has 1 N–H and O–H groups in total. The lowest BCUT2D eigenvalue weighted by Gasteiger charge is -2.08. The Balaban J connectivity index is 2.56. The lowest BCUT2D eigenvalue weighted by Crippen LogP contribution is -2.24. The van der Waals surface area contributed by atoms with Gasteiger partial charge >= 0.3 is 0 Å².